The van der Waals surface area contributed by atoms with E-state index in [-0.39, 0.29) is 43.8 Å². The number of hydrogen-bond acceptors (Lipinski definition) is 3. The topological polar surface area (TPSA) is 75.6 Å². The van der Waals surface area contributed by atoms with Crippen molar-refractivity contribution < 1.29 is 28.2 Å². The number of ether oxygens (including phenoxy) is 1. The van der Waals surface area contributed by atoms with Gasteiger partial charge in [-0.1, -0.05) is 0 Å². The Hall–Kier alpha value is -2.02. The first-order chi connectivity index (χ1) is 10.8. The number of alkyl halides is 2. The Bertz CT molecular complexity index is 594. The van der Waals surface area contributed by atoms with E-state index in [2.05, 4.69) is 5.32 Å². The Morgan fingerprint density at radius 1 is 1.30 bits per heavy atom. The first-order valence-electron chi connectivity index (χ1n) is 7.35. The van der Waals surface area contributed by atoms with Crippen molar-refractivity contribution in [1.29, 1.82) is 0 Å². The molecule has 1 saturated carbocycles. The Morgan fingerprint density at radius 2 is 1.96 bits per heavy atom. The number of carboxylic acids is 1. The predicted molar refractivity (Wildman–Crippen MR) is 79.6 cm³/mol. The highest BCUT2D eigenvalue weighted by Crippen LogP contribution is 2.36. The van der Waals surface area contributed by atoms with Crippen molar-refractivity contribution in [3.05, 3.63) is 29.3 Å². The van der Waals surface area contributed by atoms with Crippen LogP contribution in [0.3, 0.4) is 0 Å². The minimum atomic E-state index is -2.69. The van der Waals surface area contributed by atoms with Crippen LogP contribution in [0.1, 0.15) is 41.6 Å². The van der Waals surface area contributed by atoms with Crippen LogP contribution in [0, 0.1) is 5.92 Å². The van der Waals surface area contributed by atoms with Crippen molar-refractivity contribution in [2.75, 3.05) is 12.4 Å². The van der Waals surface area contributed by atoms with Crippen LogP contribution in [0.2, 0.25) is 0 Å². The monoisotopic (exact) mass is 327 g/mol. The maximum absolute atomic E-state index is 13.1. The molecule has 5 nitrogen and oxygen atoms in total. The van der Waals surface area contributed by atoms with Gasteiger partial charge in [0.2, 0.25) is 11.8 Å². The van der Waals surface area contributed by atoms with E-state index in [1.54, 1.807) is 6.07 Å². The zero-order valence-electron chi connectivity index (χ0n) is 12.8. The van der Waals surface area contributed by atoms with Gasteiger partial charge in [-0.05, 0) is 36.6 Å². The molecular weight excluding hydrogens is 308 g/mol. The van der Waals surface area contributed by atoms with Gasteiger partial charge < -0.3 is 15.2 Å². The summed E-state index contributed by atoms with van der Waals surface area (Å²) >= 11 is 0. The fourth-order valence-corrected chi connectivity index (χ4v) is 2.68. The van der Waals surface area contributed by atoms with Gasteiger partial charge in [-0.2, -0.15) is 0 Å². The maximum Gasteiger partial charge on any atom is 0.335 e. The molecule has 1 aliphatic carbocycles. The third kappa shape index (κ3) is 4.72. The van der Waals surface area contributed by atoms with Gasteiger partial charge in [0.1, 0.15) is 0 Å². The molecule has 0 heterocycles. The number of nitrogens with one attached hydrogen (secondary N) is 1. The molecule has 0 saturated heterocycles. The molecule has 126 valence electrons. The van der Waals surface area contributed by atoms with E-state index in [0.29, 0.717) is 11.3 Å². The lowest BCUT2D eigenvalue weighted by molar-refractivity contribution is -0.124. The number of carbonyl (C=O) groups is 2. The molecule has 23 heavy (non-hydrogen) atoms. The van der Waals surface area contributed by atoms with Crippen molar-refractivity contribution in [2.24, 2.45) is 5.92 Å². The van der Waals surface area contributed by atoms with Crippen LogP contribution in [0.15, 0.2) is 18.2 Å². The van der Waals surface area contributed by atoms with Crippen LogP contribution in [-0.4, -0.2) is 30.0 Å². The predicted octanol–water partition coefficient (Wildman–Crippen LogP) is 3.30. The summed E-state index contributed by atoms with van der Waals surface area (Å²) < 4.78 is 31.2. The summed E-state index contributed by atoms with van der Waals surface area (Å²) in [6.45, 7) is 0.208. The van der Waals surface area contributed by atoms with Gasteiger partial charge in [-0.25, -0.2) is 13.6 Å². The van der Waals surface area contributed by atoms with E-state index in [0.717, 1.165) is 0 Å². The molecule has 2 N–H and O–H groups in total. The molecule has 1 aliphatic rings. The largest absolute Gasteiger partial charge is 0.478 e. The van der Waals surface area contributed by atoms with Gasteiger partial charge in [0.25, 0.3) is 0 Å². The fourth-order valence-electron chi connectivity index (χ4n) is 2.68. The highest BCUT2D eigenvalue weighted by atomic mass is 19.3. The lowest BCUT2D eigenvalue weighted by Gasteiger charge is -2.27. The normalized spacial score (nSPS) is 17.7. The van der Waals surface area contributed by atoms with E-state index in [1.807, 2.05) is 0 Å². The van der Waals surface area contributed by atoms with Crippen LogP contribution in [-0.2, 0) is 16.1 Å². The second kappa shape index (κ2) is 7.04. The molecule has 0 radical (unpaired) electrons. The van der Waals surface area contributed by atoms with Crippen molar-refractivity contribution in [1.82, 2.24) is 0 Å². The second-order valence-corrected chi connectivity index (χ2v) is 5.78. The standard InChI is InChI=1S/C16H19F2NO4/c1-23-9-10-6-12(15(21)22)8-13(7-10)19-14(20)11-2-4-16(17,18)5-3-11/h6-8,11H,2-5,9H2,1H3,(H,19,20)(H,21,22). The molecule has 1 aromatic carbocycles. The van der Waals surface area contributed by atoms with Crippen molar-refractivity contribution in [3.8, 4) is 0 Å². The molecule has 2 rings (SSSR count). The summed E-state index contributed by atoms with van der Waals surface area (Å²) in [4.78, 5) is 23.3. The summed E-state index contributed by atoms with van der Waals surface area (Å²) in [6.07, 6.45) is -0.338. The lowest BCUT2D eigenvalue weighted by Crippen LogP contribution is -2.31. The van der Waals surface area contributed by atoms with Crippen LogP contribution in [0.25, 0.3) is 0 Å². The molecule has 0 spiro atoms. The van der Waals surface area contributed by atoms with E-state index in [1.165, 1.54) is 19.2 Å². The zero-order valence-corrected chi connectivity index (χ0v) is 12.8. The Morgan fingerprint density at radius 3 is 2.52 bits per heavy atom. The van der Waals surface area contributed by atoms with Gasteiger partial charge in [0.05, 0.1) is 12.2 Å². The van der Waals surface area contributed by atoms with Crippen molar-refractivity contribution in [2.45, 2.75) is 38.2 Å². The highest BCUT2D eigenvalue weighted by Gasteiger charge is 2.37. The van der Waals surface area contributed by atoms with Crippen molar-refractivity contribution in [3.63, 3.8) is 0 Å². The van der Waals surface area contributed by atoms with Crippen LogP contribution < -0.4 is 5.32 Å². The first kappa shape index (κ1) is 17.3. The SMILES string of the molecule is COCc1cc(NC(=O)C2CCC(F)(F)CC2)cc(C(=O)O)c1. The minimum absolute atomic E-state index is 0.0324. The molecule has 0 unspecified atom stereocenters. The zero-order chi connectivity index (χ0) is 17.0. The number of rotatable bonds is 5. The quantitative estimate of drug-likeness (QED) is 0.870. The fraction of sp³-hybridized carbons (Fsp3) is 0.500. The first-order valence-corrected chi connectivity index (χ1v) is 7.35. The number of benzene rings is 1. The molecule has 0 aromatic heterocycles. The van der Waals surface area contributed by atoms with E-state index in [4.69, 9.17) is 9.84 Å². The van der Waals surface area contributed by atoms with Crippen LogP contribution in [0.4, 0.5) is 14.5 Å². The Kier molecular flexibility index (Phi) is 5.30. The summed E-state index contributed by atoms with van der Waals surface area (Å²) in [5.74, 6) is -4.64. The van der Waals surface area contributed by atoms with E-state index in [9.17, 15) is 18.4 Å². The maximum atomic E-state index is 13.1. The molecule has 1 amide bonds. The summed E-state index contributed by atoms with van der Waals surface area (Å²) in [5.41, 5.74) is 0.974. The minimum Gasteiger partial charge on any atom is -0.478 e. The van der Waals surface area contributed by atoms with Gasteiger partial charge >= 0.3 is 5.97 Å². The average Bonchev–Trinajstić information content (AvgIpc) is 2.47. The van der Waals surface area contributed by atoms with Crippen LogP contribution >= 0.6 is 0 Å². The molecule has 7 heteroatoms. The smallest absolute Gasteiger partial charge is 0.335 e. The molecule has 1 fully saturated rings. The molecular formula is C16H19F2NO4. The number of aromatic carboxylic acids is 1. The number of anilines is 1. The van der Waals surface area contributed by atoms with Gasteiger partial charge in [0, 0.05) is 31.6 Å². The van der Waals surface area contributed by atoms with E-state index >= 15 is 0 Å². The van der Waals surface area contributed by atoms with Crippen molar-refractivity contribution >= 4 is 17.6 Å². The Balaban J connectivity index is 2.09. The highest BCUT2D eigenvalue weighted by molar-refractivity contribution is 5.95. The number of methoxy groups -OCH3 is 1. The number of hydrogen-bond donors (Lipinski definition) is 2. The van der Waals surface area contributed by atoms with Gasteiger partial charge in [-0.3, -0.25) is 4.79 Å². The molecule has 1 aromatic rings. The summed E-state index contributed by atoms with van der Waals surface area (Å²) in [5, 5.41) is 11.7. The third-order valence-corrected chi connectivity index (χ3v) is 3.91. The average molecular weight is 327 g/mol. The number of halogens is 2. The lowest BCUT2D eigenvalue weighted by atomic mass is 9.86. The summed E-state index contributed by atoms with van der Waals surface area (Å²) in [6, 6.07) is 4.42. The van der Waals surface area contributed by atoms with Gasteiger partial charge in [-0.15, -0.1) is 0 Å². The van der Waals surface area contributed by atoms with Gasteiger partial charge in [0.15, 0.2) is 0 Å². The number of carboxylic acid groups (broad SMARTS) is 1. The second-order valence-electron chi connectivity index (χ2n) is 5.78. The Labute approximate surface area is 132 Å². The summed E-state index contributed by atoms with van der Waals surface area (Å²) in [7, 11) is 1.48. The number of amides is 1. The van der Waals surface area contributed by atoms with Crippen LogP contribution in [0.5, 0.6) is 0 Å². The number of carbonyl (C=O) groups excluding carboxylic acids is 1. The van der Waals surface area contributed by atoms with E-state index < -0.39 is 17.8 Å². The third-order valence-electron chi connectivity index (χ3n) is 3.91. The molecule has 0 aliphatic heterocycles. The molecule has 0 bridgehead atoms. The molecule has 0 atom stereocenters.